The zero-order chi connectivity index (χ0) is 16.7. The lowest BCUT2D eigenvalue weighted by atomic mass is 9.83. The molecule has 24 heavy (non-hydrogen) atoms. The fourth-order valence-corrected chi connectivity index (χ4v) is 4.27. The van der Waals surface area contributed by atoms with E-state index >= 15 is 0 Å². The van der Waals surface area contributed by atoms with E-state index in [9.17, 15) is 0 Å². The van der Waals surface area contributed by atoms with Crippen LogP contribution in [0.3, 0.4) is 0 Å². The van der Waals surface area contributed by atoms with E-state index in [-0.39, 0.29) is 6.04 Å². The van der Waals surface area contributed by atoms with Crippen molar-refractivity contribution < 1.29 is 4.74 Å². The summed E-state index contributed by atoms with van der Waals surface area (Å²) in [6.45, 7) is 0. The van der Waals surface area contributed by atoms with Crippen LogP contribution in [0.4, 0.5) is 0 Å². The van der Waals surface area contributed by atoms with E-state index in [4.69, 9.17) is 17.0 Å². The zero-order valence-electron chi connectivity index (χ0n) is 13.2. The molecule has 0 saturated carbocycles. The Morgan fingerprint density at radius 2 is 2.04 bits per heavy atom. The van der Waals surface area contributed by atoms with Crippen molar-refractivity contribution in [3.8, 4) is 5.75 Å². The molecule has 2 aromatic rings. The number of rotatable bonds is 2. The molecule has 0 bridgehead atoms. The number of hydrogen-bond acceptors (Lipinski definition) is 2. The van der Waals surface area contributed by atoms with Gasteiger partial charge < -0.3 is 15.4 Å². The second-order valence-corrected chi connectivity index (χ2v) is 7.66. The van der Waals surface area contributed by atoms with Crippen LogP contribution in [0.1, 0.15) is 29.2 Å². The summed E-state index contributed by atoms with van der Waals surface area (Å²) in [5.41, 5.74) is 6.38. The number of methoxy groups -OCH3 is 1. The SMILES string of the molecule is COc1cccc(C2NC(=S)NC3=C2CCc2cc(I)ccc23)c1. The van der Waals surface area contributed by atoms with Gasteiger partial charge >= 0.3 is 0 Å². The molecule has 1 unspecified atom stereocenters. The van der Waals surface area contributed by atoms with Crippen LogP contribution in [-0.4, -0.2) is 12.2 Å². The van der Waals surface area contributed by atoms with Crippen molar-refractivity contribution in [1.29, 1.82) is 0 Å². The molecule has 0 saturated heterocycles. The molecule has 122 valence electrons. The standard InChI is InChI=1S/C19H17IN2OS/c1-23-14-4-2-3-12(10-14)17-16-7-5-11-9-13(20)6-8-15(11)18(16)22-19(24)21-17/h2-4,6,8-10,17H,5,7H2,1H3,(H2,21,22,24). The number of fused-ring (bicyclic) bond motifs is 2. The minimum absolute atomic E-state index is 0.0938. The van der Waals surface area contributed by atoms with Gasteiger partial charge in [-0.2, -0.15) is 0 Å². The third-order valence-electron chi connectivity index (χ3n) is 4.61. The number of benzene rings is 2. The summed E-state index contributed by atoms with van der Waals surface area (Å²) in [5.74, 6) is 0.867. The molecule has 0 radical (unpaired) electrons. The van der Waals surface area contributed by atoms with E-state index < -0.39 is 0 Å². The van der Waals surface area contributed by atoms with Gasteiger partial charge in [0.1, 0.15) is 5.75 Å². The lowest BCUT2D eigenvalue weighted by molar-refractivity contribution is 0.414. The van der Waals surface area contributed by atoms with Crippen molar-refractivity contribution in [3.63, 3.8) is 0 Å². The van der Waals surface area contributed by atoms with E-state index in [0.717, 1.165) is 18.6 Å². The number of hydrogen-bond donors (Lipinski definition) is 2. The average molecular weight is 448 g/mol. The molecule has 3 nitrogen and oxygen atoms in total. The minimum atomic E-state index is 0.0938. The van der Waals surface area contributed by atoms with Crippen molar-refractivity contribution in [2.75, 3.05) is 7.11 Å². The quantitative estimate of drug-likeness (QED) is 0.534. The van der Waals surface area contributed by atoms with Crippen molar-refractivity contribution in [2.45, 2.75) is 18.9 Å². The highest BCUT2D eigenvalue weighted by atomic mass is 127. The topological polar surface area (TPSA) is 33.3 Å². The van der Waals surface area contributed by atoms with E-state index in [1.54, 1.807) is 7.11 Å². The van der Waals surface area contributed by atoms with Gasteiger partial charge in [-0.25, -0.2) is 0 Å². The first-order valence-electron chi connectivity index (χ1n) is 7.89. The fourth-order valence-electron chi connectivity index (χ4n) is 3.49. The molecule has 0 fully saturated rings. The molecule has 2 aromatic carbocycles. The molecule has 1 aliphatic carbocycles. The first kappa shape index (κ1) is 15.9. The number of ether oxygens (including phenoxy) is 1. The van der Waals surface area contributed by atoms with Crippen LogP contribution in [0.2, 0.25) is 0 Å². The summed E-state index contributed by atoms with van der Waals surface area (Å²) in [7, 11) is 1.70. The summed E-state index contributed by atoms with van der Waals surface area (Å²) >= 11 is 7.85. The molecule has 0 amide bonds. The summed E-state index contributed by atoms with van der Waals surface area (Å²) < 4.78 is 6.66. The third kappa shape index (κ3) is 2.80. The molecule has 1 atom stereocenters. The van der Waals surface area contributed by atoms with Crippen molar-refractivity contribution in [2.24, 2.45) is 0 Å². The summed E-state index contributed by atoms with van der Waals surface area (Å²) in [4.78, 5) is 0. The predicted octanol–water partition coefficient (Wildman–Crippen LogP) is 4.18. The molecular formula is C19H17IN2OS. The summed E-state index contributed by atoms with van der Waals surface area (Å²) in [6.07, 6.45) is 2.08. The molecule has 5 heteroatoms. The van der Waals surface area contributed by atoms with Gasteiger partial charge in [-0.3, -0.25) is 0 Å². The molecule has 1 heterocycles. The Bertz CT molecular complexity index is 862. The smallest absolute Gasteiger partial charge is 0.171 e. The second kappa shape index (κ2) is 6.37. The fraction of sp³-hybridized carbons (Fsp3) is 0.211. The van der Waals surface area contributed by atoms with Crippen molar-refractivity contribution >= 4 is 45.6 Å². The lowest BCUT2D eigenvalue weighted by Gasteiger charge is -2.36. The normalized spacial score (nSPS) is 19.1. The highest BCUT2D eigenvalue weighted by Gasteiger charge is 2.30. The van der Waals surface area contributed by atoms with E-state index in [0.29, 0.717) is 5.11 Å². The van der Waals surface area contributed by atoms with Gasteiger partial charge in [-0.15, -0.1) is 0 Å². The Hall–Kier alpha value is -1.60. The zero-order valence-corrected chi connectivity index (χ0v) is 16.2. The molecule has 4 rings (SSSR count). The molecule has 2 aliphatic rings. The summed E-state index contributed by atoms with van der Waals surface area (Å²) in [6, 6.07) is 14.9. The molecule has 1 aliphatic heterocycles. The predicted molar refractivity (Wildman–Crippen MR) is 109 cm³/mol. The van der Waals surface area contributed by atoms with Crippen molar-refractivity contribution in [3.05, 3.63) is 68.3 Å². The van der Waals surface area contributed by atoms with Gasteiger partial charge in [-0.05, 0) is 88.6 Å². The van der Waals surface area contributed by atoms with Crippen LogP contribution in [0.5, 0.6) is 5.75 Å². The highest BCUT2D eigenvalue weighted by molar-refractivity contribution is 14.1. The number of halogens is 1. The van der Waals surface area contributed by atoms with Crippen LogP contribution in [-0.2, 0) is 6.42 Å². The summed E-state index contributed by atoms with van der Waals surface area (Å²) in [5, 5.41) is 7.49. The van der Waals surface area contributed by atoms with Gasteiger partial charge in [0.25, 0.3) is 0 Å². The van der Waals surface area contributed by atoms with Gasteiger partial charge in [-0.1, -0.05) is 18.2 Å². The number of aryl methyl sites for hydroxylation is 1. The molecule has 0 spiro atoms. The molecule has 0 aromatic heterocycles. The lowest BCUT2D eigenvalue weighted by Crippen LogP contribution is -2.44. The number of thiocarbonyl (C=S) groups is 1. The Kier molecular flexibility index (Phi) is 4.22. The van der Waals surface area contributed by atoms with Crippen LogP contribution in [0, 0.1) is 3.57 Å². The number of nitrogens with one attached hydrogen (secondary N) is 2. The van der Waals surface area contributed by atoms with Crippen LogP contribution in [0.25, 0.3) is 5.70 Å². The monoisotopic (exact) mass is 448 g/mol. The first-order chi connectivity index (χ1) is 11.7. The maximum absolute atomic E-state index is 5.48. The Morgan fingerprint density at radius 3 is 2.88 bits per heavy atom. The Labute approximate surface area is 160 Å². The maximum Gasteiger partial charge on any atom is 0.171 e. The van der Waals surface area contributed by atoms with Crippen molar-refractivity contribution in [1.82, 2.24) is 10.6 Å². The first-order valence-corrected chi connectivity index (χ1v) is 9.38. The molecule has 2 N–H and O–H groups in total. The Morgan fingerprint density at radius 1 is 1.17 bits per heavy atom. The minimum Gasteiger partial charge on any atom is -0.497 e. The highest BCUT2D eigenvalue weighted by Crippen LogP contribution is 2.39. The largest absolute Gasteiger partial charge is 0.497 e. The van der Waals surface area contributed by atoms with Crippen LogP contribution in [0.15, 0.2) is 48.0 Å². The Balaban J connectivity index is 1.83. The van der Waals surface area contributed by atoms with Crippen LogP contribution < -0.4 is 15.4 Å². The van der Waals surface area contributed by atoms with Gasteiger partial charge in [0.15, 0.2) is 5.11 Å². The third-order valence-corrected chi connectivity index (χ3v) is 5.50. The second-order valence-electron chi connectivity index (χ2n) is 6.01. The van der Waals surface area contributed by atoms with E-state index in [2.05, 4.69) is 63.6 Å². The van der Waals surface area contributed by atoms with E-state index in [1.165, 1.54) is 31.5 Å². The van der Waals surface area contributed by atoms with Crippen LogP contribution >= 0.6 is 34.8 Å². The van der Waals surface area contributed by atoms with Gasteiger partial charge in [0, 0.05) is 14.8 Å². The average Bonchev–Trinajstić information content (AvgIpc) is 2.60. The van der Waals surface area contributed by atoms with E-state index in [1.807, 2.05) is 12.1 Å². The maximum atomic E-state index is 5.48. The van der Waals surface area contributed by atoms with Gasteiger partial charge in [0.2, 0.25) is 0 Å². The van der Waals surface area contributed by atoms with Gasteiger partial charge in [0.05, 0.1) is 13.2 Å². The molecular weight excluding hydrogens is 431 g/mol.